The molecule has 19 heavy (non-hydrogen) atoms. The van der Waals surface area contributed by atoms with Crippen molar-refractivity contribution in [2.45, 2.75) is 13.5 Å². The van der Waals surface area contributed by atoms with E-state index < -0.39 is 0 Å². The molecule has 2 rings (SSSR count). The van der Waals surface area contributed by atoms with Gasteiger partial charge >= 0.3 is 0 Å². The molecule has 0 amide bonds. The van der Waals surface area contributed by atoms with Gasteiger partial charge in [-0.05, 0) is 46.4 Å². The van der Waals surface area contributed by atoms with E-state index in [1.54, 1.807) is 11.3 Å². The molecule has 2 aromatic rings. The Balaban J connectivity index is 2.38. The maximum absolute atomic E-state index is 5.86. The van der Waals surface area contributed by atoms with Crippen molar-refractivity contribution in [3.63, 3.8) is 0 Å². The first kappa shape index (κ1) is 14.5. The van der Waals surface area contributed by atoms with Crippen molar-refractivity contribution in [1.29, 1.82) is 0 Å². The SMILES string of the molecule is CCN(Cc1cccs1)c1cccc(Br)c1C(N)=S. The van der Waals surface area contributed by atoms with Gasteiger partial charge in [0.15, 0.2) is 0 Å². The summed E-state index contributed by atoms with van der Waals surface area (Å²) in [4.78, 5) is 4.04. The van der Waals surface area contributed by atoms with E-state index in [4.69, 9.17) is 18.0 Å². The minimum Gasteiger partial charge on any atom is -0.389 e. The maximum Gasteiger partial charge on any atom is 0.107 e. The van der Waals surface area contributed by atoms with Crippen LogP contribution in [0.25, 0.3) is 0 Å². The first-order valence-corrected chi connectivity index (χ1v) is 8.07. The highest BCUT2D eigenvalue weighted by Gasteiger charge is 2.15. The van der Waals surface area contributed by atoms with Crippen LogP contribution < -0.4 is 10.6 Å². The fraction of sp³-hybridized carbons (Fsp3) is 0.214. The monoisotopic (exact) mass is 354 g/mol. The molecular weight excluding hydrogens is 340 g/mol. The van der Waals surface area contributed by atoms with Crippen LogP contribution in [0.15, 0.2) is 40.2 Å². The zero-order valence-electron chi connectivity index (χ0n) is 10.6. The number of anilines is 1. The Labute approximate surface area is 131 Å². The molecule has 0 radical (unpaired) electrons. The molecule has 1 aromatic carbocycles. The summed E-state index contributed by atoms with van der Waals surface area (Å²) in [6.45, 7) is 3.92. The normalized spacial score (nSPS) is 10.4. The quantitative estimate of drug-likeness (QED) is 0.817. The van der Waals surface area contributed by atoms with Gasteiger partial charge in [-0.25, -0.2) is 0 Å². The number of thiophene rings is 1. The molecule has 0 saturated carbocycles. The van der Waals surface area contributed by atoms with E-state index in [1.165, 1.54) is 4.88 Å². The van der Waals surface area contributed by atoms with Gasteiger partial charge < -0.3 is 10.6 Å². The topological polar surface area (TPSA) is 29.3 Å². The van der Waals surface area contributed by atoms with Crippen LogP contribution in [0.5, 0.6) is 0 Å². The van der Waals surface area contributed by atoms with Crippen molar-refractivity contribution in [3.8, 4) is 0 Å². The maximum atomic E-state index is 5.86. The van der Waals surface area contributed by atoms with Crippen molar-refractivity contribution in [1.82, 2.24) is 0 Å². The van der Waals surface area contributed by atoms with Crippen LogP contribution in [0.3, 0.4) is 0 Å². The van der Waals surface area contributed by atoms with Gasteiger partial charge in [-0.3, -0.25) is 0 Å². The Morgan fingerprint density at radius 3 is 2.74 bits per heavy atom. The molecule has 0 aliphatic heterocycles. The smallest absolute Gasteiger partial charge is 0.107 e. The van der Waals surface area contributed by atoms with Gasteiger partial charge in [0, 0.05) is 27.1 Å². The number of nitrogens with two attached hydrogens (primary N) is 1. The van der Waals surface area contributed by atoms with E-state index in [-0.39, 0.29) is 0 Å². The molecule has 1 aromatic heterocycles. The van der Waals surface area contributed by atoms with E-state index in [0.29, 0.717) is 4.99 Å². The van der Waals surface area contributed by atoms with E-state index in [1.807, 2.05) is 12.1 Å². The fourth-order valence-electron chi connectivity index (χ4n) is 1.98. The number of halogens is 1. The minimum atomic E-state index is 0.423. The summed E-state index contributed by atoms with van der Waals surface area (Å²) in [5.41, 5.74) is 7.85. The largest absolute Gasteiger partial charge is 0.389 e. The van der Waals surface area contributed by atoms with E-state index in [0.717, 1.165) is 28.8 Å². The summed E-state index contributed by atoms with van der Waals surface area (Å²) in [5, 5.41) is 2.10. The van der Waals surface area contributed by atoms with E-state index >= 15 is 0 Å². The molecule has 2 N–H and O–H groups in total. The minimum absolute atomic E-state index is 0.423. The van der Waals surface area contributed by atoms with Crippen LogP contribution in [-0.4, -0.2) is 11.5 Å². The van der Waals surface area contributed by atoms with E-state index in [2.05, 4.69) is 51.3 Å². The molecule has 0 saturated heterocycles. The highest BCUT2D eigenvalue weighted by atomic mass is 79.9. The zero-order valence-corrected chi connectivity index (χ0v) is 13.8. The summed E-state index contributed by atoms with van der Waals surface area (Å²) in [5.74, 6) is 0. The lowest BCUT2D eigenvalue weighted by Crippen LogP contribution is -2.25. The first-order valence-electron chi connectivity index (χ1n) is 5.99. The number of hydrogen-bond acceptors (Lipinski definition) is 3. The van der Waals surface area contributed by atoms with Crippen molar-refractivity contribution in [2.75, 3.05) is 11.4 Å². The number of benzene rings is 1. The summed E-state index contributed by atoms with van der Waals surface area (Å²) in [6, 6.07) is 10.3. The van der Waals surface area contributed by atoms with Crippen molar-refractivity contribution in [2.24, 2.45) is 5.73 Å². The van der Waals surface area contributed by atoms with Crippen LogP contribution in [0.4, 0.5) is 5.69 Å². The standard InChI is InChI=1S/C14H15BrN2S2/c1-2-17(9-10-5-4-8-19-10)12-7-3-6-11(15)13(12)14(16)18/h3-8H,2,9H2,1H3,(H2,16,18). The zero-order chi connectivity index (χ0) is 13.8. The Kier molecular flexibility index (Phi) is 4.96. The number of rotatable bonds is 5. The molecule has 5 heteroatoms. The van der Waals surface area contributed by atoms with Gasteiger partial charge in [-0.15, -0.1) is 11.3 Å². The predicted molar refractivity (Wildman–Crippen MR) is 91.1 cm³/mol. The van der Waals surface area contributed by atoms with Gasteiger partial charge in [-0.1, -0.05) is 24.4 Å². The lowest BCUT2D eigenvalue weighted by Gasteiger charge is -2.25. The van der Waals surface area contributed by atoms with Crippen LogP contribution in [-0.2, 0) is 6.54 Å². The average molecular weight is 355 g/mol. The van der Waals surface area contributed by atoms with Gasteiger partial charge in [-0.2, -0.15) is 0 Å². The van der Waals surface area contributed by atoms with Crippen molar-refractivity contribution >= 4 is 50.2 Å². The third kappa shape index (κ3) is 3.35. The number of thiocarbonyl (C=S) groups is 1. The Morgan fingerprint density at radius 2 is 2.16 bits per heavy atom. The molecule has 0 spiro atoms. The molecular formula is C14H15BrN2S2. The highest BCUT2D eigenvalue weighted by molar-refractivity contribution is 9.10. The molecule has 100 valence electrons. The Morgan fingerprint density at radius 1 is 1.37 bits per heavy atom. The lowest BCUT2D eigenvalue weighted by atomic mass is 10.1. The van der Waals surface area contributed by atoms with Crippen LogP contribution >= 0.6 is 39.5 Å². The second-order valence-corrected chi connectivity index (χ2v) is 6.42. The second-order valence-electron chi connectivity index (χ2n) is 4.09. The molecule has 0 bridgehead atoms. The first-order chi connectivity index (χ1) is 9.13. The Bertz CT molecular complexity index is 567. The molecule has 1 heterocycles. The lowest BCUT2D eigenvalue weighted by molar-refractivity contribution is 0.841. The third-order valence-electron chi connectivity index (χ3n) is 2.89. The summed E-state index contributed by atoms with van der Waals surface area (Å²) in [6.07, 6.45) is 0. The van der Waals surface area contributed by atoms with Crippen LogP contribution in [0.1, 0.15) is 17.4 Å². The number of hydrogen-bond donors (Lipinski definition) is 1. The summed E-state index contributed by atoms with van der Waals surface area (Å²) >= 11 is 10.5. The predicted octanol–water partition coefficient (Wildman–Crippen LogP) is 4.17. The summed E-state index contributed by atoms with van der Waals surface area (Å²) in [7, 11) is 0. The van der Waals surface area contributed by atoms with Crippen LogP contribution in [0, 0.1) is 0 Å². The molecule has 0 fully saturated rings. The van der Waals surface area contributed by atoms with Crippen molar-refractivity contribution < 1.29 is 0 Å². The average Bonchev–Trinajstić information content (AvgIpc) is 2.88. The molecule has 2 nitrogen and oxygen atoms in total. The van der Waals surface area contributed by atoms with E-state index in [9.17, 15) is 0 Å². The molecule has 0 atom stereocenters. The molecule has 0 aliphatic carbocycles. The van der Waals surface area contributed by atoms with Crippen LogP contribution in [0.2, 0.25) is 0 Å². The molecule has 0 aliphatic rings. The Hall–Kier alpha value is -0.910. The van der Waals surface area contributed by atoms with Gasteiger partial charge in [0.05, 0.1) is 6.54 Å². The van der Waals surface area contributed by atoms with Gasteiger partial charge in [0.2, 0.25) is 0 Å². The van der Waals surface area contributed by atoms with Gasteiger partial charge in [0.25, 0.3) is 0 Å². The third-order valence-corrected chi connectivity index (χ3v) is 4.61. The highest BCUT2D eigenvalue weighted by Crippen LogP contribution is 2.29. The second kappa shape index (κ2) is 6.50. The number of nitrogens with zero attached hydrogens (tertiary/aromatic N) is 1. The van der Waals surface area contributed by atoms with Crippen molar-refractivity contribution in [3.05, 3.63) is 50.6 Å². The summed E-state index contributed by atoms with van der Waals surface area (Å²) < 4.78 is 0.946. The molecule has 0 unspecified atom stereocenters. The fourth-order valence-corrected chi connectivity index (χ4v) is 3.61. The van der Waals surface area contributed by atoms with Gasteiger partial charge in [0.1, 0.15) is 4.99 Å².